The number of nitrogens with zero attached hydrogens (tertiary/aromatic N) is 4. The Kier molecular flexibility index (Phi) is 3.57. The van der Waals surface area contributed by atoms with Crippen molar-refractivity contribution < 1.29 is 0 Å². The molecule has 19 heavy (non-hydrogen) atoms. The summed E-state index contributed by atoms with van der Waals surface area (Å²) in [5, 5.41) is 3.47. The first-order valence-corrected chi connectivity index (χ1v) is 6.64. The number of piperazine rings is 1. The third kappa shape index (κ3) is 2.67. The van der Waals surface area contributed by atoms with Crippen LogP contribution < -0.4 is 5.32 Å². The molecule has 5 heteroatoms. The number of rotatable bonds is 3. The molecule has 0 bridgehead atoms. The lowest BCUT2D eigenvalue weighted by Gasteiger charge is -2.36. The van der Waals surface area contributed by atoms with Crippen molar-refractivity contribution >= 4 is 0 Å². The van der Waals surface area contributed by atoms with E-state index in [9.17, 15) is 0 Å². The van der Waals surface area contributed by atoms with Gasteiger partial charge in [-0.25, -0.2) is 4.98 Å². The number of imidazole rings is 1. The predicted octanol–water partition coefficient (Wildman–Crippen LogP) is 0.962. The molecule has 1 saturated heterocycles. The number of nitrogens with one attached hydrogen (secondary N) is 1. The van der Waals surface area contributed by atoms with Crippen molar-refractivity contribution in [1.29, 1.82) is 0 Å². The highest BCUT2D eigenvalue weighted by molar-refractivity contribution is 5.17. The zero-order valence-electron chi connectivity index (χ0n) is 11.2. The first-order chi connectivity index (χ1) is 9.34. The first-order valence-electron chi connectivity index (χ1n) is 6.64. The molecule has 3 heterocycles. The van der Waals surface area contributed by atoms with Crippen molar-refractivity contribution in [3.8, 4) is 0 Å². The van der Waals surface area contributed by atoms with Gasteiger partial charge >= 0.3 is 0 Å². The lowest BCUT2D eigenvalue weighted by Crippen LogP contribution is -2.45. The maximum atomic E-state index is 4.20. The average Bonchev–Trinajstić information content (AvgIpc) is 2.86. The number of hydrogen-bond acceptors (Lipinski definition) is 4. The average molecular weight is 257 g/mol. The van der Waals surface area contributed by atoms with E-state index in [1.165, 1.54) is 11.3 Å². The second-order valence-corrected chi connectivity index (χ2v) is 4.97. The van der Waals surface area contributed by atoms with Crippen LogP contribution in [0.25, 0.3) is 0 Å². The molecule has 1 N–H and O–H groups in total. The number of aromatic nitrogens is 3. The lowest BCUT2D eigenvalue weighted by atomic mass is 10.0. The van der Waals surface area contributed by atoms with Gasteiger partial charge in [0.15, 0.2) is 0 Å². The maximum Gasteiger partial charge on any atom is 0.0945 e. The molecule has 3 rings (SSSR count). The van der Waals surface area contributed by atoms with Crippen LogP contribution in [0.4, 0.5) is 0 Å². The molecular formula is C14H19N5. The topological polar surface area (TPSA) is 46.0 Å². The molecule has 0 aromatic carbocycles. The van der Waals surface area contributed by atoms with Crippen molar-refractivity contribution in [3.05, 3.63) is 48.3 Å². The Morgan fingerprint density at radius 1 is 1.32 bits per heavy atom. The standard InChI is InChI=1S/C14H19N5/c1-18-11-17-8-13(18)10-19-7-6-16-9-14(19)12-2-4-15-5-3-12/h2-5,8,11,14,16H,6-7,9-10H2,1H3. The summed E-state index contributed by atoms with van der Waals surface area (Å²) < 4.78 is 2.09. The van der Waals surface area contributed by atoms with Crippen molar-refractivity contribution in [2.75, 3.05) is 19.6 Å². The van der Waals surface area contributed by atoms with Gasteiger partial charge in [-0.05, 0) is 17.7 Å². The van der Waals surface area contributed by atoms with Gasteiger partial charge in [-0.2, -0.15) is 0 Å². The van der Waals surface area contributed by atoms with Crippen LogP contribution in [0, 0.1) is 0 Å². The zero-order chi connectivity index (χ0) is 13.1. The van der Waals surface area contributed by atoms with Crippen molar-refractivity contribution in [2.24, 2.45) is 7.05 Å². The summed E-state index contributed by atoms with van der Waals surface area (Å²) >= 11 is 0. The highest BCUT2D eigenvalue weighted by atomic mass is 15.2. The van der Waals surface area contributed by atoms with E-state index in [2.05, 4.69) is 36.9 Å². The van der Waals surface area contributed by atoms with Gasteiger partial charge in [-0.1, -0.05) is 0 Å². The van der Waals surface area contributed by atoms with Crippen LogP contribution in [0.3, 0.4) is 0 Å². The Hall–Kier alpha value is -1.72. The second-order valence-electron chi connectivity index (χ2n) is 4.97. The van der Waals surface area contributed by atoms with Gasteiger partial charge in [0, 0.05) is 57.9 Å². The first kappa shape index (κ1) is 12.3. The van der Waals surface area contributed by atoms with Gasteiger partial charge in [-0.3, -0.25) is 9.88 Å². The maximum absolute atomic E-state index is 4.20. The minimum atomic E-state index is 0.409. The summed E-state index contributed by atoms with van der Waals surface area (Å²) in [4.78, 5) is 10.8. The molecule has 0 saturated carbocycles. The quantitative estimate of drug-likeness (QED) is 0.889. The molecule has 5 nitrogen and oxygen atoms in total. The molecule has 100 valence electrons. The van der Waals surface area contributed by atoms with E-state index in [1.807, 2.05) is 32.0 Å². The van der Waals surface area contributed by atoms with E-state index in [0.717, 1.165) is 26.2 Å². The highest BCUT2D eigenvalue weighted by Crippen LogP contribution is 2.23. The molecule has 0 amide bonds. The van der Waals surface area contributed by atoms with Crippen molar-refractivity contribution in [2.45, 2.75) is 12.6 Å². The summed E-state index contributed by atoms with van der Waals surface area (Å²) in [6.07, 6.45) is 7.54. The highest BCUT2D eigenvalue weighted by Gasteiger charge is 2.24. The summed E-state index contributed by atoms with van der Waals surface area (Å²) in [6, 6.07) is 4.62. The molecule has 1 atom stereocenters. The number of hydrogen-bond donors (Lipinski definition) is 1. The smallest absolute Gasteiger partial charge is 0.0945 e. The minimum Gasteiger partial charge on any atom is -0.337 e. The molecule has 1 unspecified atom stereocenters. The van der Waals surface area contributed by atoms with Gasteiger partial charge in [-0.15, -0.1) is 0 Å². The van der Waals surface area contributed by atoms with E-state index in [-0.39, 0.29) is 0 Å². The fourth-order valence-corrected chi connectivity index (χ4v) is 2.59. The number of aryl methyl sites for hydroxylation is 1. The van der Waals surface area contributed by atoms with Crippen molar-refractivity contribution in [1.82, 2.24) is 24.8 Å². The molecule has 1 fully saturated rings. The largest absolute Gasteiger partial charge is 0.337 e. The number of pyridine rings is 1. The van der Waals surface area contributed by atoms with Crippen LogP contribution in [-0.4, -0.2) is 39.1 Å². The predicted molar refractivity (Wildman–Crippen MR) is 73.5 cm³/mol. The summed E-state index contributed by atoms with van der Waals surface area (Å²) in [5.74, 6) is 0. The third-order valence-corrected chi connectivity index (χ3v) is 3.73. The van der Waals surface area contributed by atoms with Crippen LogP contribution in [-0.2, 0) is 13.6 Å². The van der Waals surface area contributed by atoms with Crippen LogP contribution in [0.1, 0.15) is 17.3 Å². The molecule has 0 aliphatic carbocycles. The Bertz CT molecular complexity index is 522. The summed E-state index contributed by atoms with van der Waals surface area (Å²) in [7, 11) is 2.05. The molecule has 0 spiro atoms. The minimum absolute atomic E-state index is 0.409. The molecular weight excluding hydrogens is 238 g/mol. The van der Waals surface area contributed by atoms with Crippen LogP contribution in [0.15, 0.2) is 37.1 Å². The van der Waals surface area contributed by atoms with Gasteiger partial charge < -0.3 is 9.88 Å². The summed E-state index contributed by atoms with van der Waals surface area (Å²) in [6.45, 7) is 4.02. The van der Waals surface area contributed by atoms with E-state index >= 15 is 0 Å². The van der Waals surface area contributed by atoms with Crippen LogP contribution in [0.5, 0.6) is 0 Å². The Balaban J connectivity index is 1.80. The second kappa shape index (κ2) is 5.50. The Labute approximate surface area is 113 Å². The van der Waals surface area contributed by atoms with E-state index in [4.69, 9.17) is 0 Å². The van der Waals surface area contributed by atoms with Gasteiger partial charge in [0.2, 0.25) is 0 Å². The molecule has 1 aliphatic rings. The third-order valence-electron chi connectivity index (χ3n) is 3.73. The molecule has 2 aromatic rings. The normalized spacial score (nSPS) is 20.6. The Morgan fingerprint density at radius 2 is 2.16 bits per heavy atom. The van der Waals surface area contributed by atoms with E-state index < -0.39 is 0 Å². The van der Waals surface area contributed by atoms with Crippen molar-refractivity contribution in [3.63, 3.8) is 0 Å². The lowest BCUT2D eigenvalue weighted by molar-refractivity contribution is 0.150. The Morgan fingerprint density at radius 3 is 2.89 bits per heavy atom. The zero-order valence-corrected chi connectivity index (χ0v) is 11.2. The van der Waals surface area contributed by atoms with E-state index in [1.54, 1.807) is 0 Å². The van der Waals surface area contributed by atoms with Gasteiger partial charge in [0.1, 0.15) is 0 Å². The summed E-state index contributed by atoms with van der Waals surface area (Å²) in [5.41, 5.74) is 2.57. The van der Waals surface area contributed by atoms with Crippen LogP contribution >= 0.6 is 0 Å². The fourth-order valence-electron chi connectivity index (χ4n) is 2.59. The molecule has 2 aromatic heterocycles. The van der Waals surface area contributed by atoms with Gasteiger partial charge in [0.25, 0.3) is 0 Å². The monoisotopic (exact) mass is 257 g/mol. The van der Waals surface area contributed by atoms with Gasteiger partial charge in [0.05, 0.1) is 12.0 Å². The molecule has 1 aliphatic heterocycles. The van der Waals surface area contributed by atoms with E-state index in [0.29, 0.717) is 6.04 Å². The van der Waals surface area contributed by atoms with Crippen LogP contribution in [0.2, 0.25) is 0 Å². The fraction of sp³-hybridized carbons (Fsp3) is 0.429. The SMILES string of the molecule is Cn1cncc1CN1CCNCC1c1ccncc1. The molecule has 0 radical (unpaired) electrons.